The van der Waals surface area contributed by atoms with Crippen molar-refractivity contribution in [1.29, 1.82) is 0 Å². The minimum absolute atomic E-state index is 0.00321. The molecule has 0 bridgehead atoms. The number of nitro groups is 1. The van der Waals surface area contributed by atoms with Crippen molar-refractivity contribution in [1.82, 2.24) is 9.97 Å². The summed E-state index contributed by atoms with van der Waals surface area (Å²) >= 11 is 2.89. The number of aromatic nitrogens is 2. The minimum Gasteiger partial charge on any atom is -0.485 e. The molecule has 3 N–H and O–H groups in total. The Hall–Kier alpha value is -2.92. The number of ether oxygens (including phenoxy) is 1. The van der Waals surface area contributed by atoms with Gasteiger partial charge in [0.25, 0.3) is 0 Å². The Kier molecular flexibility index (Phi) is 5.42. The van der Waals surface area contributed by atoms with Crippen LogP contribution in [0.3, 0.4) is 0 Å². The fourth-order valence-corrected chi connectivity index (χ4v) is 2.66. The third kappa shape index (κ3) is 3.78. The van der Waals surface area contributed by atoms with Crippen molar-refractivity contribution in [3.05, 3.63) is 56.8 Å². The van der Waals surface area contributed by atoms with Crippen LogP contribution < -0.4 is 15.8 Å². The smallest absolute Gasteiger partial charge is 0.311 e. The summed E-state index contributed by atoms with van der Waals surface area (Å²) in [7, 11) is 0. The first-order chi connectivity index (χ1) is 12.9. The van der Waals surface area contributed by atoms with Crippen molar-refractivity contribution in [3.8, 4) is 5.75 Å². The van der Waals surface area contributed by atoms with E-state index in [9.17, 15) is 18.9 Å². The van der Waals surface area contributed by atoms with Crippen LogP contribution in [0.1, 0.15) is 0 Å². The number of nitrogens with two attached hydrogens (primary N) is 1. The molecule has 27 heavy (non-hydrogen) atoms. The van der Waals surface area contributed by atoms with E-state index < -0.39 is 16.6 Å². The molecule has 11 heteroatoms. The highest BCUT2D eigenvalue weighted by molar-refractivity contribution is 9.10. The van der Waals surface area contributed by atoms with Gasteiger partial charge in [0.15, 0.2) is 17.4 Å². The fourth-order valence-electron chi connectivity index (χ4n) is 2.35. The van der Waals surface area contributed by atoms with Gasteiger partial charge in [-0.25, -0.2) is 18.7 Å². The van der Waals surface area contributed by atoms with Crippen LogP contribution in [0.25, 0.3) is 10.9 Å². The number of hydrogen-bond donors (Lipinski definition) is 2. The fraction of sp³-hybridized carbons (Fsp3) is 0.125. The number of anilines is 2. The number of benzene rings is 2. The quantitative estimate of drug-likeness (QED) is 0.341. The summed E-state index contributed by atoms with van der Waals surface area (Å²) in [5, 5.41) is 14.2. The molecule has 2 aromatic carbocycles. The Labute approximate surface area is 159 Å². The summed E-state index contributed by atoms with van der Waals surface area (Å²) in [6, 6.07) is 5.21. The molecular weight excluding hydrogens is 428 g/mol. The number of hydrogen-bond acceptors (Lipinski definition) is 7. The van der Waals surface area contributed by atoms with Crippen LogP contribution in [0.5, 0.6) is 5.75 Å². The van der Waals surface area contributed by atoms with Gasteiger partial charge < -0.3 is 15.8 Å². The van der Waals surface area contributed by atoms with Gasteiger partial charge in [0.1, 0.15) is 18.8 Å². The van der Waals surface area contributed by atoms with E-state index in [-0.39, 0.29) is 46.0 Å². The molecule has 0 aliphatic rings. The van der Waals surface area contributed by atoms with Crippen LogP contribution in [0.15, 0.2) is 35.1 Å². The number of nitrogens with one attached hydrogen (secondary N) is 1. The van der Waals surface area contributed by atoms with E-state index in [1.54, 1.807) is 0 Å². The number of fused-ring (bicyclic) bond motifs is 1. The van der Waals surface area contributed by atoms with Gasteiger partial charge in [-0.05, 0) is 28.1 Å². The number of halogens is 3. The lowest BCUT2D eigenvalue weighted by Gasteiger charge is -2.11. The van der Waals surface area contributed by atoms with Crippen LogP contribution in [0, 0.1) is 21.7 Å². The molecule has 0 aliphatic heterocycles. The van der Waals surface area contributed by atoms with Crippen LogP contribution in [-0.2, 0) is 0 Å². The van der Waals surface area contributed by atoms with Gasteiger partial charge in [-0.2, -0.15) is 0 Å². The molecule has 0 spiro atoms. The largest absolute Gasteiger partial charge is 0.485 e. The monoisotopic (exact) mass is 439 g/mol. The highest BCUT2D eigenvalue weighted by atomic mass is 79.9. The maximum absolute atomic E-state index is 14.1. The van der Waals surface area contributed by atoms with Crippen LogP contribution in [0.4, 0.5) is 26.0 Å². The third-order valence-electron chi connectivity index (χ3n) is 3.58. The zero-order chi connectivity index (χ0) is 19.6. The molecule has 0 unspecified atom stereocenters. The molecule has 0 saturated heterocycles. The maximum atomic E-state index is 14.1. The normalized spacial score (nSPS) is 10.8. The highest BCUT2D eigenvalue weighted by Crippen LogP contribution is 2.35. The molecule has 3 rings (SSSR count). The molecule has 0 atom stereocenters. The molecule has 3 aromatic rings. The first kappa shape index (κ1) is 18.9. The number of rotatable bonds is 6. The molecular formula is C16H12BrF2N5O3. The van der Waals surface area contributed by atoms with Crippen LogP contribution in [-0.4, -0.2) is 28.0 Å². The average molecular weight is 440 g/mol. The van der Waals surface area contributed by atoms with Gasteiger partial charge in [-0.1, -0.05) is 0 Å². The Morgan fingerprint density at radius 1 is 1.26 bits per heavy atom. The van der Waals surface area contributed by atoms with Gasteiger partial charge >= 0.3 is 5.69 Å². The maximum Gasteiger partial charge on any atom is 0.311 e. The standard InChI is InChI=1S/C16H12BrF2N5O3/c17-9-1-2-10(15(19)14(9)18)23-16-8-5-12(24(25)26)13(27-4-3-20)6-11(8)21-7-22-16/h1-2,5-7H,3-4,20H2,(H,21,22,23). The summed E-state index contributed by atoms with van der Waals surface area (Å²) < 4.78 is 33.1. The second-order valence-electron chi connectivity index (χ2n) is 5.30. The van der Waals surface area contributed by atoms with E-state index in [0.717, 1.165) is 0 Å². The van der Waals surface area contributed by atoms with Gasteiger partial charge in [-0.15, -0.1) is 0 Å². The molecule has 0 aliphatic carbocycles. The zero-order valence-corrected chi connectivity index (χ0v) is 15.2. The van der Waals surface area contributed by atoms with Crippen LogP contribution in [0.2, 0.25) is 0 Å². The first-order valence-electron chi connectivity index (χ1n) is 7.59. The third-order valence-corrected chi connectivity index (χ3v) is 4.19. The van der Waals surface area contributed by atoms with E-state index in [2.05, 4.69) is 31.2 Å². The average Bonchev–Trinajstić information content (AvgIpc) is 2.66. The topological polar surface area (TPSA) is 116 Å². The number of nitrogens with zero attached hydrogens (tertiary/aromatic N) is 3. The molecule has 1 heterocycles. The van der Waals surface area contributed by atoms with Crippen molar-refractivity contribution in [2.75, 3.05) is 18.5 Å². The summed E-state index contributed by atoms with van der Waals surface area (Å²) in [4.78, 5) is 18.8. The first-order valence-corrected chi connectivity index (χ1v) is 8.38. The van der Waals surface area contributed by atoms with Gasteiger partial charge in [-0.3, -0.25) is 10.1 Å². The van der Waals surface area contributed by atoms with Crippen molar-refractivity contribution in [2.24, 2.45) is 5.73 Å². The summed E-state index contributed by atoms with van der Waals surface area (Å²) in [6.45, 7) is 0.270. The summed E-state index contributed by atoms with van der Waals surface area (Å²) in [5.41, 5.74) is 5.18. The predicted molar refractivity (Wildman–Crippen MR) is 98.1 cm³/mol. The summed E-state index contributed by atoms with van der Waals surface area (Å²) in [5.74, 6) is -2.10. The second-order valence-corrected chi connectivity index (χ2v) is 6.16. The lowest BCUT2D eigenvalue weighted by atomic mass is 10.2. The molecule has 0 amide bonds. The van der Waals surface area contributed by atoms with Crippen molar-refractivity contribution in [3.63, 3.8) is 0 Å². The molecule has 1 aromatic heterocycles. The van der Waals surface area contributed by atoms with Gasteiger partial charge in [0.05, 0.1) is 26.0 Å². The lowest BCUT2D eigenvalue weighted by Crippen LogP contribution is -2.11. The van der Waals surface area contributed by atoms with Gasteiger partial charge in [0.2, 0.25) is 0 Å². The van der Waals surface area contributed by atoms with E-state index in [0.29, 0.717) is 5.52 Å². The zero-order valence-electron chi connectivity index (χ0n) is 13.6. The Bertz CT molecular complexity index is 1030. The van der Waals surface area contributed by atoms with E-state index in [1.807, 2.05) is 0 Å². The second kappa shape index (κ2) is 7.76. The highest BCUT2D eigenvalue weighted by Gasteiger charge is 2.20. The Balaban J connectivity index is 2.10. The number of nitro benzene ring substituents is 1. The van der Waals surface area contributed by atoms with Crippen LogP contribution >= 0.6 is 15.9 Å². The Morgan fingerprint density at radius 3 is 2.74 bits per heavy atom. The van der Waals surface area contributed by atoms with Crippen molar-refractivity contribution >= 4 is 44.0 Å². The van der Waals surface area contributed by atoms with E-state index >= 15 is 0 Å². The van der Waals surface area contributed by atoms with Crippen molar-refractivity contribution < 1.29 is 18.4 Å². The molecule has 0 saturated carbocycles. The van der Waals surface area contributed by atoms with Crippen molar-refractivity contribution in [2.45, 2.75) is 0 Å². The molecule has 140 valence electrons. The molecule has 0 fully saturated rings. The summed E-state index contributed by atoms with van der Waals surface area (Å²) in [6.07, 6.45) is 1.19. The minimum atomic E-state index is -1.12. The SMILES string of the molecule is NCCOc1cc2ncnc(Nc3ccc(Br)c(F)c3F)c2cc1[N+](=O)[O-]. The molecule has 0 radical (unpaired) electrons. The predicted octanol–water partition coefficient (Wildman–Crippen LogP) is 3.66. The Morgan fingerprint density at radius 2 is 2.04 bits per heavy atom. The lowest BCUT2D eigenvalue weighted by molar-refractivity contribution is -0.385. The van der Waals surface area contributed by atoms with E-state index in [4.69, 9.17) is 10.5 Å². The molecule has 8 nitrogen and oxygen atoms in total. The van der Waals surface area contributed by atoms with E-state index in [1.165, 1.54) is 30.6 Å². The van der Waals surface area contributed by atoms with Gasteiger partial charge in [0, 0.05) is 18.7 Å².